The summed E-state index contributed by atoms with van der Waals surface area (Å²) in [6.45, 7) is 0. The van der Waals surface area contributed by atoms with E-state index in [4.69, 9.17) is 19.9 Å². The Morgan fingerprint density at radius 3 is 0.956 bits per heavy atom. The van der Waals surface area contributed by atoms with Gasteiger partial charge in [-0.15, -0.1) is 22.7 Å². The van der Waals surface area contributed by atoms with Crippen molar-refractivity contribution in [1.29, 1.82) is 0 Å². The smallest absolute Gasteiger partial charge is 0.161 e. The lowest BCUT2D eigenvalue weighted by molar-refractivity contribution is 1.24. The summed E-state index contributed by atoms with van der Waals surface area (Å²) in [4.78, 5) is 23.2. The minimum absolute atomic E-state index is 0.707. The first-order chi connectivity index (χ1) is 33.7. The highest BCUT2D eigenvalue weighted by Gasteiger charge is 2.19. The molecule has 4 heterocycles. The van der Waals surface area contributed by atoms with Crippen molar-refractivity contribution < 1.29 is 0 Å². The highest BCUT2D eigenvalue weighted by Crippen LogP contribution is 2.42. The standard InChI is InChI=1S/C62H38N4S2/c1-3-14-39(15-4-1)41-28-32-43(33-29-41)57-55-51-24-7-9-26-53(51)67-61(55)65-59(63-57)49-22-12-20-47(37-49)45-18-11-19-46(36-45)48-21-13-23-50(38-48)60-64-58(56-52-25-8-10-27-54(52)68-62(56)66-60)44-34-30-42(31-35-44)40-16-5-2-6-17-40/h1-38H. The van der Waals surface area contributed by atoms with Crippen molar-refractivity contribution in [3.63, 3.8) is 0 Å². The summed E-state index contributed by atoms with van der Waals surface area (Å²) in [5.74, 6) is 1.41. The van der Waals surface area contributed by atoms with Crippen LogP contribution in [0.15, 0.2) is 231 Å². The van der Waals surface area contributed by atoms with Crippen LogP contribution in [0.4, 0.5) is 0 Å². The van der Waals surface area contributed by atoms with Gasteiger partial charge in [0.15, 0.2) is 11.6 Å². The quantitative estimate of drug-likeness (QED) is 0.152. The molecular weight excluding hydrogens is 865 g/mol. The molecule has 0 radical (unpaired) electrons. The molecule has 0 saturated heterocycles. The first kappa shape index (κ1) is 39.9. The molecule has 9 aromatic carbocycles. The summed E-state index contributed by atoms with van der Waals surface area (Å²) in [5.41, 5.74) is 15.1. The Bertz CT molecular complexity index is 3750. The zero-order valence-corrected chi connectivity index (χ0v) is 38.2. The summed E-state index contributed by atoms with van der Waals surface area (Å²) < 4.78 is 2.40. The van der Waals surface area contributed by atoms with Gasteiger partial charge in [-0.25, -0.2) is 19.9 Å². The molecule has 0 bridgehead atoms. The molecule has 0 aliphatic carbocycles. The second-order valence-corrected chi connectivity index (χ2v) is 19.0. The van der Waals surface area contributed by atoms with Crippen LogP contribution < -0.4 is 0 Å². The number of benzene rings is 9. The highest BCUT2D eigenvalue weighted by atomic mass is 32.1. The van der Waals surface area contributed by atoms with E-state index >= 15 is 0 Å². The van der Waals surface area contributed by atoms with E-state index in [1.807, 2.05) is 0 Å². The number of aromatic nitrogens is 4. The summed E-state index contributed by atoms with van der Waals surface area (Å²) >= 11 is 3.44. The lowest BCUT2D eigenvalue weighted by atomic mass is 9.96. The zero-order valence-electron chi connectivity index (χ0n) is 36.5. The van der Waals surface area contributed by atoms with E-state index in [-0.39, 0.29) is 0 Å². The topological polar surface area (TPSA) is 51.6 Å². The Morgan fingerprint density at radius 1 is 0.235 bits per heavy atom. The molecule has 4 nitrogen and oxygen atoms in total. The van der Waals surface area contributed by atoms with Crippen LogP contribution in [0.2, 0.25) is 0 Å². The van der Waals surface area contributed by atoms with E-state index in [1.165, 1.54) is 42.4 Å². The third kappa shape index (κ3) is 7.24. The maximum Gasteiger partial charge on any atom is 0.161 e. The lowest BCUT2D eigenvalue weighted by Gasteiger charge is -2.11. The van der Waals surface area contributed by atoms with Gasteiger partial charge in [0.25, 0.3) is 0 Å². The van der Waals surface area contributed by atoms with E-state index in [1.54, 1.807) is 22.7 Å². The Labute approximate surface area is 401 Å². The molecule has 0 N–H and O–H groups in total. The van der Waals surface area contributed by atoms with Crippen LogP contribution in [0.1, 0.15) is 0 Å². The molecule has 6 heteroatoms. The molecule has 13 rings (SSSR count). The molecule has 4 aromatic heterocycles. The molecule has 0 saturated carbocycles. The van der Waals surface area contributed by atoms with Crippen LogP contribution in [0.3, 0.4) is 0 Å². The van der Waals surface area contributed by atoms with E-state index in [2.05, 4.69) is 231 Å². The molecule has 0 atom stereocenters. The van der Waals surface area contributed by atoms with Crippen molar-refractivity contribution in [2.24, 2.45) is 0 Å². The summed E-state index contributed by atoms with van der Waals surface area (Å²) in [5, 5.41) is 4.54. The van der Waals surface area contributed by atoms with Crippen molar-refractivity contribution in [3.8, 4) is 89.8 Å². The molecule has 68 heavy (non-hydrogen) atoms. The minimum atomic E-state index is 0.707. The highest BCUT2D eigenvalue weighted by molar-refractivity contribution is 7.26. The number of rotatable bonds is 8. The maximum atomic E-state index is 5.36. The molecule has 0 aliphatic heterocycles. The predicted molar refractivity (Wildman–Crippen MR) is 287 cm³/mol. The van der Waals surface area contributed by atoms with Crippen LogP contribution in [0, 0.1) is 0 Å². The van der Waals surface area contributed by atoms with Crippen LogP contribution in [-0.2, 0) is 0 Å². The van der Waals surface area contributed by atoms with Gasteiger partial charge < -0.3 is 0 Å². The van der Waals surface area contributed by atoms with Crippen LogP contribution >= 0.6 is 22.7 Å². The van der Waals surface area contributed by atoms with Crippen LogP contribution in [-0.4, -0.2) is 19.9 Å². The van der Waals surface area contributed by atoms with Crippen LogP contribution in [0.5, 0.6) is 0 Å². The first-order valence-corrected chi connectivity index (χ1v) is 24.3. The third-order valence-corrected chi connectivity index (χ3v) is 14.9. The van der Waals surface area contributed by atoms with Crippen molar-refractivity contribution in [2.75, 3.05) is 0 Å². The molecule has 0 fully saturated rings. The third-order valence-electron chi connectivity index (χ3n) is 12.8. The average Bonchev–Trinajstić information content (AvgIpc) is 4.00. The monoisotopic (exact) mass is 902 g/mol. The minimum Gasteiger partial charge on any atom is -0.227 e. The van der Waals surface area contributed by atoms with Gasteiger partial charge in [0, 0.05) is 53.2 Å². The number of thiophene rings is 2. The number of hydrogen-bond acceptors (Lipinski definition) is 6. The van der Waals surface area contributed by atoms with Gasteiger partial charge in [-0.1, -0.05) is 200 Å². The summed E-state index contributed by atoms with van der Waals surface area (Å²) in [7, 11) is 0. The van der Waals surface area contributed by atoms with Crippen molar-refractivity contribution in [2.45, 2.75) is 0 Å². The van der Waals surface area contributed by atoms with Gasteiger partial charge in [0.05, 0.1) is 11.4 Å². The van der Waals surface area contributed by atoms with Gasteiger partial charge >= 0.3 is 0 Å². The van der Waals surface area contributed by atoms with Gasteiger partial charge in [-0.3, -0.25) is 0 Å². The van der Waals surface area contributed by atoms with Gasteiger partial charge in [0.2, 0.25) is 0 Å². The fourth-order valence-corrected chi connectivity index (χ4v) is 11.5. The molecular formula is C62H38N4S2. The van der Waals surface area contributed by atoms with Crippen LogP contribution in [0.25, 0.3) is 130 Å². The van der Waals surface area contributed by atoms with Gasteiger partial charge in [-0.2, -0.15) is 0 Å². The Balaban J connectivity index is 0.859. The number of hydrogen-bond donors (Lipinski definition) is 0. The molecule has 318 valence electrons. The van der Waals surface area contributed by atoms with E-state index in [9.17, 15) is 0 Å². The number of fused-ring (bicyclic) bond motifs is 6. The fourth-order valence-electron chi connectivity index (χ4n) is 9.38. The fraction of sp³-hybridized carbons (Fsp3) is 0. The average molecular weight is 903 g/mol. The van der Waals surface area contributed by atoms with Crippen molar-refractivity contribution >= 4 is 63.3 Å². The lowest BCUT2D eigenvalue weighted by Crippen LogP contribution is -1.94. The van der Waals surface area contributed by atoms with E-state index < -0.39 is 0 Å². The van der Waals surface area contributed by atoms with Crippen molar-refractivity contribution in [1.82, 2.24) is 19.9 Å². The largest absolute Gasteiger partial charge is 0.227 e. The second kappa shape index (κ2) is 16.8. The Kier molecular flexibility index (Phi) is 9.85. The molecule has 0 amide bonds. The van der Waals surface area contributed by atoms with Crippen molar-refractivity contribution in [3.05, 3.63) is 231 Å². The SMILES string of the molecule is c1ccc(-c2ccc(-c3nc(-c4cccc(-c5cccc(-c6cccc(-c7nc(-c8ccc(-c9ccccc9)cc8)c8c(n7)sc7ccccc78)c6)c5)c4)nc4sc5ccccc5c34)cc2)cc1. The van der Waals surface area contributed by atoms with Gasteiger partial charge in [0.1, 0.15) is 9.66 Å². The maximum absolute atomic E-state index is 5.36. The predicted octanol–water partition coefficient (Wildman–Crippen LogP) is 17.3. The second-order valence-electron chi connectivity index (χ2n) is 17.0. The number of nitrogens with zero attached hydrogens (tertiary/aromatic N) is 4. The molecule has 0 spiro atoms. The first-order valence-electron chi connectivity index (χ1n) is 22.7. The Hall–Kier alpha value is -8.42. The molecule has 0 aliphatic rings. The van der Waals surface area contributed by atoms with E-state index in [0.717, 1.165) is 76.3 Å². The van der Waals surface area contributed by atoms with E-state index in [0.29, 0.717) is 11.6 Å². The normalized spacial score (nSPS) is 11.5. The van der Waals surface area contributed by atoms with Gasteiger partial charge in [-0.05, 0) is 74.8 Å². The summed E-state index contributed by atoms with van der Waals surface area (Å²) in [6.07, 6.45) is 0. The molecule has 13 aromatic rings. The Morgan fingerprint density at radius 2 is 0.544 bits per heavy atom. The molecule has 0 unspecified atom stereocenters. The summed E-state index contributed by atoms with van der Waals surface area (Å²) in [6, 6.07) is 81.6. The zero-order chi connectivity index (χ0) is 45.0.